The molecule has 4 nitrogen and oxygen atoms in total. The summed E-state index contributed by atoms with van der Waals surface area (Å²) < 4.78 is 24.7. The second kappa shape index (κ2) is 7.87. The van der Waals surface area contributed by atoms with Crippen LogP contribution in [0.2, 0.25) is 0 Å². The van der Waals surface area contributed by atoms with Crippen LogP contribution in [-0.2, 0) is 23.9 Å². The molecule has 23 heavy (non-hydrogen) atoms. The van der Waals surface area contributed by atoms with Gasteiger partial charge in [0.25, 0.3) is 0 Å². The number of hydrogen-bond donors (Lipinski definition) is 2. The highest BCUT2D eigenvalue weighted by atomic mass is 32.2. The van der Waals surface area contributed by atoms with Crippen molar-refractivity contribution in [3.05, 3.63) is 65.0 Å². The predicted molar refractivity (Wildman–Crippen MR) is 89.0 cm³/mol. The summed E-state index contributed by atoms with van der Waals surface area (Å²) in [6.45, 7) is 2.32. The number of benzene rings is 2. The van der Waals surface area contributed by atoms with Gasteiger partial charge in [-0.05, 0) is 41.8 Å². The molecule has 1 atom stereocenters. The first-order valence-electron chi connectivity index (χ1n) is 7.15. The van der Waals surface area contributed by atoms with Crippen LogP contribution in [0.15, 0.2) is 47.4 Å². The summed E-state index contributed by atoms with van der Waals surface area (Å²) in [7, 11) is -1.01. The van der Waals surface area contributed by atoms with Crippen LogP contribution >= 0.6 is 0 Å². The first kappa shape index (κ1) is 17.1. The molecule has 0 aliphatic rings. The highest BCUT2D eigenvalue weighted by Gasteiger charge is 2.04. The maximum Gasteiger partial charge on any atom is 0.315 e. The Hall–Kier alpha value is -2.21. The van der Waals surface area contributed by atoms with Gasteiger partial charge in [0.05, 0.1) is 0 Å². The lowest BCUT2D eigenvalue weighted by molar-refractivity contribution is 0.240. The van der Waals surface area contributed by atoms with E-state index in [1.54, 1.807) is 37.4 Å². The smallest absolute Gasteiger partial charge is 0.315 e. The van der Waals surface area contributed by atoms with Crippen molar-refractivity contribution in [2.75, 3.05) is 6.26 Å². The molecule has 0 aliphatic carbocycles. The van der Waals surface area contributed by atoms with E-state index in [0.717, 1.165) is 10.5 Å². The first-order valence-corrected chi connectivity index (χ1v) is 8.70. The van der Waals surface area contributed by atoms with Crippen LogP contribution in [0.3, 0.4) is 0 Å². The van der Waals surface area contributed by atoms with Crippen LogP contribution in [0.4, 0.5) is 9.18 Å². The Balaban J connectivity index is 1.80. The van der Waals surface area contributed by atoms with Crippen molar-refractivity contribution in [1.82, 2.24) is 10.6 Å². The van der Waals surface area contributed by atoms with E-state index in [4.69, 9.17) is 0 Å². The lowest BCUT2D eigenvalue weighted by Crippen LogP contribution is -2.34. The molecule has 0 spiro atoms. The number of urea groups is 1. The highest BCUT2D eigenvalue weighted by Crippen LogP contribution is 2.09. The molecule has 0 bridgehead atoms. The van der Waals surface area contributed by atoms with Crippen molar-refractivity contribution < 1.29 is 13.4 Å². The summed E-state index contributed by atoms with van der Waals surface area (Å²) in [5.41, 5.74) is 2.20. The summed E-state index contributed by atoms with van der Waals surface area (Å²) in [4.78, 5) is 12.5. The van der Waals surface area contributed by atoms with E-state index in [9.17, 15) is 13.4 Å². The van der Waals surface area contributed by atoms with E-state index < -0.39 is 10.8 Å². The quantitative estimate of drug-likeness (QED) is 0.883. The summed E-state index contributed by atoms with van der Waals surface area (Å²) in [5.74, 6) is -0.280. The van der Waals surface area contributed by atoms with Crippen LogP contribution in [0.25, 0.3) is 0 Å². The first-order chi connectivity index (χ1) is 11.0. The second-order valence-electron chi connectivity index (χ2n) is 5.22. The maximum atomic E-state index is 13.4. The predicted octanol–water partition coefficient (Wildman–Crippen LogP) is 2.87. The SMILES string of the molecule is Cc1ccc(CNC(=O)NCc2ccc([S@@](C)=O)cc2)cc1F. The zero-order valence-corrected chi connectivity index (χ0v) is 13.9. The van der Waals surface area contributed by atoms with E-state index in [0.29, 0.717) is 17.7 Å². The molecule has 2 aromatic carbocycles. The van der Waals surface area contributed by atoms with Gasteiger partial charge in [-0.1, -0.05) is 24.3 Å². The molecular formula is C17H19FN2O2S. The lowest BCUT2D eigenvalue weighted by atomic mass is 10.1. The van der Waals surface area contributed by atoms with E-state index in [2.05, 4.69) is 10.6 Å². The average Bonchev–Trinajstić information content (AvgIpc) is 2.54. The van der Waals surface area contributed by atoms with Crippen LogP contribution < -0.4 is 10.6 Å². The van der Waals surface area contributed by atoms with Gasteiger partial charge in [-0.25, -0.2) is 9.18 Å². The molecule has 0 heterocycles. The van der Waals surface area contributed by atoms with E-state index in [-0.39, 0.29) is 18.4 Å². The van der Waals surface area contributed by atoms with Crippen LogP contribution in [-0.4, -0.2) is 16.5 Å². The van der Waals surface area contributed by atoms with Crippen LogP contribution in [0, 0.1) is 12.7 Å². The summed E-state index contributed by atoms with van der Waals surface area (Å²) in [6.07, 6.45) is 1.62. The molecular weight excluding hydrogens is 315 g/mol. The van der Waals surface area contributed by atoms with Gasteiger partial charge in [-0.15, -0.1) is 0 Å². The number of nitrogens with one attached hydrogen (secondary N) is 2. The number of rotatable bonds is 5. The molecule has 0 aromatic heterocycles. The summed E-state index contributed by atoms with van der Waals surface area (Å²) >= 11 is 0. The second-order valence-corrected chi connectivity index (χ2v) is 6.60. The minimum atomic E-state index is -1.01. The number of aryl methyl sites for hydroxylation is 1. The number of amides is 2. The van der Waals surface area contributed by atoms with Gasteiger partial charge in [0, 0.05) is 35.0 Å². The van der Waals surface area contributed by atoms with Crippen molar-refractivity contribution in [1.29, 1.82) is 0 Å². The number of halogens is 1. The normalized spacial score (nSPS) is 11.8. The Bertz CT molecular complexity index is 717. The summed E-state index contributed by atoms with van der Waals surface area (Å²) in [5, 5.41) is 5.40. The minimum absolute atomic E-state index is 0.261. The Morgan fingerprint density at radius 1 is 1.04 bits per heavy atom. The molecule has 0 fully saturated rings. The minimum Gasteiger partial charge on any atom is -0.334 e. The topological polar surface area (TPSA) is 58.2 Å². The zero-order valence-electron chi connectivity index (χ0n) is 13.1. The number of hydrogen-bond acceptors (Lipinski definition) is 2. The van der Waals surface area contributed by atoms with Gasteiger partial charge >= 0.3 is 6.03 Å². The molecule has 6 heteroatoms. The van der Waals surface area contributed by atoms with Crippen molar-refractivity contribution >= 4 is 16.8 Å². The molecule has 2 amide bonds. The van der Waals surface area contributed by atoms with Crippen LogP contribution in [0.1, 0.15) is 16.7 Å². The Labute approximate surface area is 137 Å². The average molecular weight is 334 g/mol. The van der Waals surface area contributed by atoms with E-state index in [1.165, 1.54) is 6.07 Å². The number of carbonyl (C=O) groups excluding carboxylic acids is 1. The fourth-order valence-electron chi connectivity index (χ4n) is 1.97. The van der Waals surface area contributed by atoms with Crippen molar-refractivity contribution in [3.8, 4) is 0 Å². The van der Waals surface area contributed by atoms with E-state index in [1.807, 2.05) is 12.1 Å². The van der Waals surface area contributed by atoms with Gasteiger partial charge in [-0.2, -0.15) is 0 Å². The third-order valence-electron chi connectivity index (χ3n) is 3.40. The zero-order chi connectivity index (χ0) is 16.8. The molecule has 0 saturated carbocycles. The number of carbonyl (C=O) groups is 1. The highest BCUT2D eigenvalue weighted by molar-refractivity contribution is 7.84. The third kappa shape index (κ3) is 5.17. The Morgan fingerprint density at radius 2 is 1.61 bits per heavy atom. The summed E-state index contributed by atoms with van der Waals surface area (Å²) in [6, 6.07) is 11.8. The van der Waals surface area contributed by atoms with Crippen molar-refractivity contribution in [3.63, 3.8) is 0 Å². The van der Waals surface area contributed by atoms with Crippen molar-refractivity contribution in [2.24, 2.45) is 0 Å². The lowest BCUT2D eigenvalue weighted by Gasteiger charge is -2.09. The third-order valence-corrected chi connectivity index (χ3v) is 4.33. The fraction of sp³-hybridized carbons (Fsp3) is 0.235. The fourth-order valence-corrected chi connectivity index (χ4v) is 2.49. The molecule has 2 rings (SSSR count). The van der Waals surface area contributed by atoms with Crippen molar-refractivity contribution in [2.45, 2.75) is 24.9 Å². The Morgan fingerprint density at radius 3 is 2.17 bits per heavy atom. The molecule has 122 valence electrons. The van der Waals surface area contributed by atoms with E-state index >= 15 is 0 Å². The van der Waals surface area contributed by atoms with Gasteiger partial charge in [-0.3, -0.25) is 4.21 Å². The molecule has 0 aliphatic heterocycles. The standard InChI is InChI=1S/C17H19FN2O2S/c1-12-3-4-14(9-16(12)18)11-20-17(21)19-10-13-5-7-15(8-6-13)23(2)22/h3-9H,10-11H2,1-2H3,(H2,19,20,21)/t23-/m1/s1. The Kier molecular flexibility index (Phi) is 5.87. The molecule has 0 unspecified atom stereocenters. The van der Waals surface area contributed by atoms with Gasteiger partial charge in [0.1, 0.15) is 5.82 Å². The monoisotopic (exact) mass is 334 g/mol. The molecule has 0 saturated heterocycles. The van der Waals surface area contributed by atoms with Crippen LogP contribution in [0.5, 0.6) is 0 Å². The largest absolute Gasteiger partial charge is 0.334 e. The van der Waals surface area contributed by atoms with Gasteiger partial charge < -0.3 is 10.6 Å². The van der Waals surface area contributed by atoms with Gasteiger partial charge in [0.2, 0.25) is 0 Å². The molecule has 2 aromatic rings. The van der Waals surface area contributed by atoms with Gasteiger partial charge in [0.15, 0.2) is 0 Å². The maximum absolute atomic E-state index is 13.4. The molecule has 0 radical (unpaired) electrons. The molecule has 2 N–H and O–H groups in total.